The topological polar surface area (TPSA) is 43.3 Å². The third-order valence-electron chi connectivity index (χ3n) is 4.73. The van der Waals surface area contributed by atoms with Gasteiger partial charge >= 0.3 is 0 Å². The molecule has 152 valence electrons. The molecule has 0 atom stereocenters. The molecule has 6 heteroatoms. The Morgan fingerprint density at radius 3 is 2.67 bits per heavy atom. The Morgan fingerprint density at radius 1 is 1.07 bits per heavy atom. The zero-order chi connectivity index (χ0) is 20.9. The molecule has 30 heavy (non-hydrogen) atoms. The van der Waals surface area contributed by atoms with Gasteiger partial charge in [0.2, 0.25) is 5.91 Å². The fraction of sp³-hybridized carbons (Fsp3) is 0.125. The summed E-state index contributed by atoms with van der Waals surface area (Å²) >= 11 is 5.03. The third-order valence-corrected chi connectivity index (χ3v) is 6.30. The lowest BCUT2D eigenvalue weighted by Crippen LogP contribution is -2.13. The van der Waals surface area contributed by atoms with Crippen molar-refractivity contribution in [3.63, 3.8) is 0 Å². The Balaban J connectivity index is 1.48. The van der Waals surface area contributed by atoms with E-state index < -0.39 is 0 Å². The van der Waals surface area contributed by atoms with Crippen LogP contribution >= 0.6 is 27.7 Å². The second-order valence-corrected chi connectivity index (χ2v) is 8.77. The fourth-order valence-corrected chi connectivity index (χ4v) is 4.44. The number of rotatable bonds is 7. The molecule has 0 bridgehead atoms. The highest BCUT2D eigenvalue weighted by Crippen LogP contribution is 2.31. The van der Waals surface area contributed by atoms with Crippen molar-refractivity contribution in [3.8, 4) is 5.75 Å². The maximum absolute atomic E-state index is 12.5. The van der Waals surface area contributed by atoms with Crippen LogP contribution in [0.3, 0.4) is 0 Å². The number of nitrogens with one attached hydrogen (secondary N) is 1. The number of benzene rings is 3. The summed E-state index contributed by atoms with van der Waals surface area (Å²) in [5.41, 5.74) is 3.13. The van der Waals surface area contributed by atoms with E-state index in [1.165, 1.54) is 5.56 Å². The highest BCUT2D eigenvalue weighted by Gasteiger charge is 2.11. The largest absolute Gasteiger partial charge is 0.497 e. The maximum Gasteiger partial charge on any atom is 0.234 e. The minimum absolute atomic E-state index is 0.0435. The van der Waals surface area contributed by atoms with Crippen molar-refractivity contribution < 1.29 is 9.53 Å². The van der Waals surface area contributed by atoms with Crippen molar-refractivity contribution in [2.75, 3.05) is 18.2 Å². The fourth-order valence-electron chi connectivity index (χ4n) is 3.29. The number of aromatic nitrogens is 1. The molecule has 4 rings (SSSR count). The van der Waals surface area contributed by atoms with Crippen LogP contribution in [0.2, 0.25) is 0 Å². The van der Waals surface area contributed by atoms with E-state index in [9.17, 15) is 4.79 Å². The van der Waals surface area contributed by atoms with Gasteiger partial charge in [0, 0.05) is 44.8 Å². The molecule has 1 heterocycles. The summed E-state index contributed by atoms with van der Waals surface area (Å²) in [7, 11) is 1.61. The van der Waals surface area contributed by atoms with Crippen LogP contribution in [0, 0.1) is 0 Å². The second-order valence-electron chi connectivity index (χ2n) is 6.83. The van der Waals surface area contributed by atoms with E-state index in [2.05, 4.69) is 68.4 Å². The van der Waals surface area contributed by atoms with Crippen LogP contribution in [-0.4, -0.2) is 23.3 Å². The summed E-state index contributed by atoms with van der Waals surface area (Å²) in [6.45, 7) is 0.782. The highest BCUT2D eigenvalue weighted by atomic mass is 79.9. The van der Waals surface area contributed by atoms with Gasteiger partial charge in [-0.2, -0.15) is 0 Å². The first-order chi connectivity index (χ1) is 14.6. The van der Waals surface area contributed by atoms with Crippen LogP contribution in [0.15, 0.2) is 88.4 Å². The second kappa shape index (κ2) is 9.41. The van der Waals surface area contributed by atoms with Crippen molar-refractivity contribution in [1.82, 2.24) is 4.57 Å². The number of nitrogens with zero attached hydrogens (tertiary/aromatic N) is 1. The number of methoxy groups -OCH3 is 1. The molecule has 0 unspecified atom stereocenters. The predicted octanol–water partition coefficient (Wildman–Crippen LogP) is 6.19. The first-order valence-electron chi connectivity index (χ1n) is 9.51. The normalized spacial score (nSPS) is 10.9. The number of ether oxygens (including phenoxy) is 1. The van der Waals surface area contributed by atoms with Crippen molar-refractivity contribution in [3.05, 3.63) is 89.0 Å². The molecule has 0 saturated heterocycles. The van der Waals surface area contributed by atoms with Crippen molar-refractivity contribution >= 4 is 50.2 Å². The number of hydrogen-bond acceptors (Lipinski definition) is 3. The quantitative estimate of drug-likeness (QED) is 0.320. The van der Waals surface area contributed by atoms with E-state index in [0.717, 1.165) is 38.3 Å². The number of halogens is 1. The molecule has 0 saturated carbocycles. The standard InChI is InChI=1S/C24H21BrN2O2S/c1-29-20-6-4-5-19(13-20)26-24(28)16-30-23-15-27(22-8-3-2-7-21(22)23)14-17-9-11-18(25)12-10-17/h2-13,15H,14,16H2,1H3,(H,26,28). The molecule has 0 aliphatic carbocycles. The van der Waals surface area contributed by atoms with Gasteiger partial charge in [-0.25, -0.2) is 0 Å². The molecule has 0 fully saturated rings. The number of hydrogen-bond donors (Lipinski definition) is 1. The third kappa shape index (κ3) is 4.89. The van der Waals surface area contributed by atoms with E-state index in [1.54, 1.807) is 18.9 Å². The lowest BCUT2D eigenvalue weighted by Gasteiger charge is -2.06. The summed E-state index contributed by atoms with van der Waals surface area (Å²) in [5.74, 6) is 1.01. The van der Waals surface area contributed by atoms with Crippen LogP contribution in [0.5, 0.6) is 5.75 Å². The SMILES string of the molecule is COc1cccc(NC(=O)CSc2cn(Cc3ccc(Br)cc3)c3ccccc23)c1. The van der Waals surface area contributed by atoms with E-state index in [4.69, 9.17) is 4.74 Å². The Kier molecular flexibility index (Phi) is 6.45. The average molecular weight is 481 g/mol. The summed E-state index contributed by atoms with van der Waals surface area (Å²) in [6.07, 6.45) is 2.14. The Labute approximate surface area is 188 Å². The molecule has 1 N–H and O–H groups in total. The highest BCUT2D eigenvalue weighted by molar-refractivity contribution is 9.10. The summed E-state index contributed by atoms with van der Waals surface area (Å²) < 4.78 is 8.52. The van der Waals surface area contributed by atoms with E-state index >= 15 is 0 Å². The molecule has 1 aromatic heterocycles. The Hall–Kier alpha value is -2.70. The van der Waals surface area contributed by atoms with Crippen LogP contribution in [0.4, 0.5) is 5.69 Å². The van der Waals surface area contributed by atoms with Crippen LogP contribution in [0.25, 0.3) is 10.9 Å². The minimum atomic E-state index is -0.0435. The first-order valence-corrected chi connectivity index (χ1v) is 11.3. The van der Waals surface area contributed by atoms with Gasteiger partial charge in [-0.1, -0.05) is 52.3 Å². The molecule has 1 amide bonds. The number of para-hydroxylation sites is 1. The number of anilines is 1. The predicted molar refractivity (Wildman–Crippen MR) is 128 cm³/mol. The Bertz CT molecular complexity index is 1170. The minimum Gasteiger partial charge on any atom is -0.497 e. The van der Waals surface area contributed by atoms with Crippen LogP contribution in [-0.2, 0) is 11.3 Å². The van der Waals surface area contributed by atoms with Gasteiger partial charge in [-0.05, 0) is 35.9 Å². The van der Waals surface area contributed by atoms with E-state index in [1.807, 2.05) is 36.4 Å². The monoisotopic (exact) mass is 480 g/mol. The molecular weight excluding hydrogens is 460 g/mol. The van der Waals surface area contributed by atoms with Gasteiger partial charge in [0.15, 0.2) is 0 Å². The van der Waals surface area contributed by atoms with Gasteiger partial charge in [0.1, 0.15) is 5.75 Å². The zero-order valence-electron chi connectivity index (χ0n) is 16.5. The average Bonchev–Trinajstić information content (AvgIpc) is 3.11. The number of thioether (sulfide) groups is 1. The summed E-state index contributed by atoms with van der Waals surface area (Å²) in [4.78, 5) is 13.6. The number of carbonyl (C=O) groups excluding carboxylic acids is 1. The van der Waals surface area contributed by atoms with Gasteiger partial charge < -0.3 is 14.6 Å². The molecule has 0 spiro atoms. The zero-order valence-corrected chi connectivity index (χ0v) is 18.9. The molecule has 3 aromatic carbocycles. The Morgan fingerprint density at radius 2 is 1.87 bits per heavy atom. The summed E-state index contributed by atoms with van der Waals surface area (Å²) in [6, 6.07) is 24.0. The lowest BCUT2D eigenvalue weighted by molar-refractivity contribution is -0.113. The molecule has 0 aliphatic rings. The summed E-state index contributed by atoms with van der Waals surface area (Å²) in [5, 5.41) is 4.10. The molecule has 0 radical (unpaired) electrons. The van der Waals surface area contributed by atoms with Crippen LogP contribution in [0.1, 0.15) is 5.56 Å². The van der Waals surface area contributed by atoms with E-state index in [-0.39, 0.29) is 5.91 Å². The molecule has 4 aromatic rings. The number of amides is 1. The van der Waals surface area contributed by atoms with Crippen LogP contribution < -0.4 is 10.1 Å². The molecular formula is C24H21BrN2O2S. The van der Waals surface area contributed by atoms with Crippen molar-refractivity contribution in [2.45, 2.75) is 11.4 Å². The van der Waals surface area contributed by atoms with Gasteiger partial charge in [0.25, 0.3) is 0 Å². The van der Waals surface area contributed by atoms with Gasteiger partial charge in [-0.3, -0.25) is 4.79 Å². The smallest absolute Gasteiger partial charge is 0.234 e. The van der Waals surface area contributed by atoms with Gasteiger partial charge in [0.05, 0.1) is 12.9 Å². The molecule has 4 nitrogen and oxygen atoms in total. The first kappa shape index (κ1) is 20.6. The van der Waals surface area contributed by atoms with Crippen molar-refractivity contribution in [2.24, 2.45) is 0 Å². The molecule has 0 aliphatic heterocycles. The van der Waals surface area contributed by atoms with Gasteiger partial charge in [-0.15, -0.1) is 11.8 Å². The number of carbonyl (C=O) groups is 1. The lowest BCUT2D eigenvalue weighted by atomic mass is 10.2. The van der Waals surface area contributed by atoms with E-state index in [0.29, 0.717) is 5.75 Å². The number of fused-ring (bicyclic) bond motifs is 1. The van der Waals surface area contributed by atoms with Crippen molar-refractivity contribution in [1.29, 1.82) is 0 Å². The maximum atomic E-state index is 12.5.